The van der Waals surface area contributed by atoms with Crippen LogP contribution in [0.15, 0.2) is 0 Å². The summed E-state index contributed by atoms with van der Waals surface area (Å²) in [6, 6.07) is 0. The largest absolute Gasteiger partial charge is 0.453 e. The van der Waals surface area contributed by atoms with Crippen LogP contribution in [0, 0.1) is 0 Å². The molecule has 1 aliphatic rings. The Hall–Kier alpha value is 0.110. The quantitative estimate of drug-likeness (QED) is 0.424. The van der Waals surface area contributed by atoms with E-state index in [1.54, 1.807) is 0 Å². The van der Waals surface area contributed by atoms with Crippen molar-refractivity contribution in [3.8, 4) is 0 Å². The first-order valence-electron chi connectivity index (χ1n) is 3.28. The van der Waals surface area contributed by atoms with Crippen LogP contribution in [-0.4, -0.2) is 27.8 Å². The van der Waals surface area contributed by atoms with E-state index >= 15 is 0 Å². The molecule has 1 rings (SSSR count). The second-order valence-corrected chi connectivity index (χ2v) is 3.94. The van der Waals surface area contributed by atoms with Gasteiger partial charge in [0.1, 0.15) is 0 Å². The third kappa shape index (κ3) is 1.86. The van der Waals surface area contributed by atoms with Crippen molar-refractivity contribution in [3.63, 3.8) is 0 Å². The van der Waals surface area contributed by atoms with E-state index in [4.69, 9.17) is 0 Å². The molecule has 3 nitrogen and oxygen atoms in total. The zero-order valence-electron chi connectivity index (χ0n) is 6.75. The summed E-state index contributed by atoms with van der Waals surface area (Å²) >= 11 is 13.6. The van der Waals surface area contributed by atoms with Crippen LogP contribution in [-0.2, 0) is 14.3 Å². The summed E-state index contributed by atoms with van der Waals surface area (Å²) in [7, 11) is 0. The molecule has 0 bridgehead atoms. The number of alkyl halides is 7. The summed E-state index contributed by atoms with van der Waals surface area (Å²) in [5.74, 6) is -4.39. The summed E-state index contributed by atoms with van der Waals surface area (Å²) < 4.78 is 69.7. The highest BCUT2D eigenvalue weighted by atomic mass is 35.5. The van der Waals surface area contributed by atoms with Crippen LogP contribution in [0.25, 0.3) is 0 Å². The lowest BCUT2D eigenvalue weighted by Crippen LogP contribution is -2.52. The summed E-state index contributed by atoms with van der Waals surface area (Å²) in [6.07, 6.45) is -5.67. The van der Waals surface area contributed by atoms with Gasteiger partial charge in [0.2, 0.25) is 0 Å². The van der Waals surface area contributed by atoms with Gasteiger partial charge in [-0.15, -0.1) is 0 Å². The third-order valence-corrected chi connectivity index (χ3v) is 2.50. The van der Waals surface area contributed by atoms with Crippen molar-refractivity contribution < 1.29 is 36.2 Å². The van der Waals surface area contributed by atoms with Crippen molar-refractivity contribution in [3.05, 3.63) is 0 Å². The van der Waals surface area contributed by atoms with Gasteiger partial charge < -0.3 is 0 Å². The molecule has 2 unspecified atom stereocenters. The molecule has 94 valence electrons. The summed E-state index contributed by atoms with van der Waals surface area (Å²) in [5, 5.41) is -10.8. The number of ether oxygens (including phenoxy) is 2. The predicted octanol–water partition coefficient (Wildman–Crippen LogP) is 2.78. The summed E-state index contributed by atoms with van der Waals surface area (Å²) in [5.41, 5.74) is 0. The summed E-state index contributed by atoms with van der Waals surface area (Å²) in [4.78, 5) is 10.5. The Morgan fingerprint density at radius 3 is 1.50 bits per heavy atom. The zero-order valence-corrected chi connectivity index (χ0v) is 9.02. The van der Waals surface area contributed by atoms with Gasteiger partial charge in [0.25, 0.3) is 5.24 Å². The van der Waals surface area contributed by atoms with Crippen LogP contribution in [0.2, 0.25) is 0 Å². The Bertz CT molecular complexity index is 312. The molecule has 0 aliphatic carbocycles. The van der Waals surface area contributed by atoms with Gasteiger partial charge in [-0.25, -0.2) is 0 Å². The first kappa shape index (κ1) is 14.2. The predicted molar refractivity (Wildman–Crippen MR) is 41.2 cm³/mol. The summed E-state index contributed by atoms with van der Waals surface area (Å²) in [6.45, 7) is 0. The molecule has 1 saturated heterocycles. The second-order valence-electron chi connectivity index (χ2n) is 2.63. The van der Waals surface area contributed by atoms with Gasteiger partial charge in [0.05, 0.1) is 0 Å². The number of rotatable bonds is 1. The molecule has 0 aromatic carbocycles. The Kier molecular flexibility index (Phi) is 3.14. The van der Waals surface area contributed by atoms with E-state index < -0.39 is 27.8 Å². The molecule has 0 amide bonds. The number of hydrogen-bond donors (Lipinski definition) is 0. The van der Waals surface area contributed by atoms with Gasteiger partial charge in [-0.05, 0) is 34.8 Å². The minimum atomic E-state index is -5.67. The lowest BCUT2D eigenvalue weighted by molar-refractivity contribution is -0.338. The SMILES string of the molecule is O=C(Cl)C1(C(F)(F)F)OC(F)(Cl)C(F)(Cl)O1. The Balaban J connectivity index is 3.27. The van der Waals surface area contributed by atoms with E-state index in [2.05, 4.69) is 44.3 Å². The number of carbonyl (C=O) groups excluding carboxylic acids is 1. The molecular weight excluding hydrogens is 309 g/mol. The number of carbonyl (C=O) groups is 1. The normalized spacial score (nSPS) is 44.8. The van der Waals surface area contributed by atoms with E-state index in [-0.39, 0.29) is 0 Å². The fourth-order valence-corrected chi connectivity index (χ4v) is 1.29. The Morgan fingerprint density at radius 1 is 1.06 bits per heavy atom. The van der Waals surface area contributed by atoms with Crippen LogP contribution in [0.1, 0.15) is 0 Å². The standard InChI is InChI=1S/C5Cl3F5O3/c6-1(14)2(5(11,12)13)15-3(7,9)4(8,10)16-2. The molecule has 16 heavy (non-hydrogen) atoms. The van der Waals surface area contributed by atoms with E-state index in [9.17, 15) is 26.7 Å². The van der Waals surface area contributed by atoms with Gasteiger partial charge in [-0.1, -0.05) is 0 Å². The molecule has 1 heterocycles. The number of halogens is 8. The topological polar surface area (TPSA) is 35.5 Å². The van der Waals surface area contributed by atoms with Crippen molar-refractivity contribution in [2.24, 2.45) is 0 Å². The van der Waals surface area contributed by atoms with Gasteiger partial charge in [0.15, 0.2) is 0 Å². The molecular formula is C5Cl3F5O3. The molecule has 1 aliphatic heterocycles. The van der Waals surface area contributed by atoms with E-state index in [1.165, 1.54) is 0 Å². The van der Waals surface area contributed by atoms with Crippen LogP contribution in [0.3, 0.4) is 0 Å². The molecule has 0 aromatic heterocycles. The van der Waals surface area contributed by atoms with Gasteiger partial charge in [0, 0.05) is 0 Å². The molecule has 11 heteroatoms. The van der Waals surface area contributed by atoms with Crippen molar-refractivity contribution in [2.75, 3.05) is 0 Å². The minimum absolute atomic E-state index is 2.37. The van der Waals surface area contributed by atoms with Crippen LogP contribution < -0.4 is 0 Å². The molecule has 0 radical (unpaired) electrons. The zero-order chi connectivity index (χ0) is 13.0. The Morgan fingerprint density at radius 2 is 1.38 bits per heavy atom. The Labute approximate surface area is 99.3 Å². The highest BCUT2D eigenvalue weighted by Crippen LogP contribution is 2.56. The molecule has 0 saturated carbocycles. The van der Waals surface area contributed by atoms with Crippen molar-refractivity contribution in [1.82, 2.24) is 0 Å². The van der Waals surface area contributed by atoms with Gasteiger partial charge in [-0.2, -0.15) is 22.0 Å². The van der Waals surface area contributed by atoms with Crippen molar-refractivity contribution in [2.45, 2.75) is 22.6 Å². The smallest absolute Gasteiger partial charge is 0.279 e. The van der Waals surface area contributed by atoms with E-state index in [0.717, 1.165) is 0 Å². The first-order chi connectivity index (χ1) is 6.86. The van der Waals surface area contributed by atoms with E-state index in [1.807, 2.05) is 0 Å². The molecule has 0 aromatic rings. The van der Waals surface area contributed by atoms with E-state index in [0.29, 0.717) is 0 Å². The fraction of sp³-hybridized carbons (Fsp3) is 0.800. The molecule has 2 atom stereocenters. The maximum absolute atomic E-state index is 13.0. The molecule has 1 fully saturated rings. The minimum Gasteiger partial charge on any atom is -0.279 e. The lowest BCUT2D eigenvalue weighted by atomic mass is 10.3. The first-order valence-corrected chi connectivity index (χ1v) is 4.42. The second kappa shape index (κ2) is 3.55. The average Bonchev–Trinajstić information content (AvgIpc) is 2.17. The third-order valence-electron chi connectivity index (χ3n) is 1.51. The molecule has 0 spiro atoms. The monoisotopic (exact) mass is 308 g/mol. The van der Waals surface area contributed by atoms with Crippen molar-refractivity contribution >= 4 is 40.0 Å². The average molecular weight is 309 g/mol. The maximum atomic E-state index is 13.0. The van der Waals surface area contributed by atoms with Crippen LogP contribution in [0.5, 0.6) is 0 Å². The highest BCUT2D eigenvalue weighted by Gasteiger charge is 2.80. The fourth-order valence-electron chi connectivity index (χ4n) is 0.808. The van der Waals surface area contributed by atoms with Gasteiger partial charge in [-0.3, -0.25) is 14.3 Å². The maximum Gasteiger partial charge on any atom is 0.453 e. The highest BCUT2D eigenvalue weighted by molar-refractivity contribution is 6.65. The van der Waals surface area contributed by atoms with Crippen LogP contribution in [0.4, 0.5) is 22.0 Å². The van der Waals surface area contributed by atoms with Crippen LogP contribution >= 0.6 is 34.8 Å². The van der Waals surface area contributed by atoms with Crippen molar-refractivity contribution in [1.29, 1.82) is 0 Å². The lowest BCUT2D eigenvalue weighted by Gasteiger charge is -2.24. The number of hydrogen-bond acceptors (Lipinski definition) is 3. The molecule has 0 N–H and O–H groups in total. The van der Waals surface area contributed by atoms with Gasteiger partial charge >= 0.3 is 22.6 Å².